The molecule has 0 spiro atoms. The molecule has 1 aromatic heterocycles. The first-order chi connectivity index (χ1) is 14.1. The van der Waals surface area contributed by atoms with E-state index in [1.807, 2.05) is 48.2 Å². The van der Waals surface area contributed by atoms with E-state index in [-0.39, 0.29) is 6.03 Å². The quantitative estimate of drug-likeness (QED) is 0.652. The van der Waals surface area contributed by atoms with E-state index in [1.54, 1.807) is 11.3 Å². The van der Waals surface area contributed by atoms with Crippen LogP contribution in [-0.2, 0) is 6.54 Å². The standard InChI is InChI=1S/C21H23ClN4O2S/c1-2-28-17-4-3-5-18-19(17)24-21(29-18)26-12-10-25(11-13-26)20(27)23-14-15-6-8-16(22)9-7-15/h3-9H,2,10-14H2,1H3,(H,23,27). The first-order valence-corrected chi connectivity index (χ1v) is 10.9. The normalized spacial score (nSPS) is 14.3. The second kappa shape index (κ2) is 8.88. The minimum atomic E-state index is -0.0393. The van der Waals surface area contributed by atoms with Crippen LogP contribution < -0.4 is 15.0 Å². The molecule has 2 amide bonds. The molecule has 2 aromatic carbocycles. The first kappa shape index (κ1) is 19.8. The van der Waals surface area contributed by atoms with E-state index in [9.17, 15) is 4.79 Å². The fraction of sp³-hybridized carbons (Fsp3) is 0.333. The van der Waals surface area contributed by atoms with Crippen molar-refractivity contribution in [3.63, 3.8) is 0 Å². The molecule has 0 aliphatic carbocycles. The molecule has 0 unspecified atom stereocenters. The molecule has 1 N–H and O–H groups in total. The summed E-state index contributed by atoms with van der Waals surface area (Å²) >= 11 is 7.57. The number of aromatic nitrogens is 1. The van der Waals surface area contributed by atoms with Crippen LogP contribution in [0.2, 0.25) is 5.02 Å². The number of nitrogens with one attached hydrogen (secondary N) is 1. The highest BCUT2D eigenvalue weighted by molar-refractivity contribution is 7.22. The lowest BCUT2D eigenvalue weighted by Crippen LogP contribution is -2.51. The number of thiazole rings is 1. The van der Waals surface area contributed by atoms with Crippen molar-refractivity contribution < 1.29 is 9.53 Å². The number of nitrogens with zero attached hydrogens (tertiary/aromatic N) is 3. The number of urea groups is 1. The van der Waals surface area contributed by atoms with Gasteiger partial charge in [0.15, 0.2) is 5.13 Å². The zero-order chi connectivity index (χ0) is 20.2. The monoisotopic (exact) mass is 430 g/mol. The topological polar surface area (TPSA) is 57.7 Å². The van der Waals surface area contributed by atoms with Gasteiger partial charge in [0.1, 0.15) is 11.3 Å². The van der Waals surface area contributed by atoms with Crippen molar-refractivity contribution in [2.75, 3.05) is 37.7 Å². The van der Waals surface area contributed by atoms with Crippen LogP contribution in [0.5, 0.6) is 5.75 Å². The van der Waals surface area contributed by atoms with Crippen molar-refractivity contribution in [2.24, 2.45) is 0 Å². The summed E-state index contributed by atoms with van der Waals surface area (Å²) in [5, 5.41) is 4.66. The lowest BCUT2D eigenvalue weighted by atomic mass is 10.2. The molecule has 1 aliphatic heterocycles. The summed E-state index contributed by atoms with van der Waals surface area (Å²) in [7, 11) is 0. The maximum Gasteiger partial charge on any atom is 0.317 e. The van der Waals surface area contributed by atoms with E-state index in [0.29, 0.717) is 31.3 Å². The van der Waals surface area contributed by atoms with E-state index in [4.69, 9.17) is 21.3 Å². The molecule has 8 heteroatoms. The van der Waals surface area contributed by atoms with Crippen molar-refractivity contribution in [2.45, 2.75) is 13.5 Å². The Morgan fingerprint density at radius 1 is 1.17 bits per heavy atom. The highest BCUT2D eigenvalue weighted by atomic mass is 35.5. The highest BCUT2D eigenvalue weighted by Gasteiger charge is 2.23. The molecule has 0 atom stereocenters. The van der Waals surface area contributed by atoms with E-state index in [1.165, 1.54) is 0 Å². The van der Waals surface area contributed by atoms with Crippen LogP contribution in [0.15, 0.2) is 42.5 Å². The number of piperazine rings is 1. The summed E-state index contributed by atoms with van der Waals surface area (Å²) in [6.07, 6.45) is 0. The van der Waals surface area contributed by atoms with Crippen molar-refractivity contribution >= 4 is 44.3 Å². The molecule has 1 fully saturated rings. The van der Waals surface area contributed by atoms with Gasteiger partial charge in [-0.3, -0.25) is 0 Å². The number of hydrogen-bond acceptors (Lipinski definition) is 5. The Kier molecular flexibility index (Phi) is 6.06. The van der Waals surface area contributed by atoms with Crippen LogP contribution in [0.4, 0.5) is 9.93 Å². The highest BCUT2D eigenvalue weighted by Crippen LogP contribution is 2.34. The molecule has 0 radical (unpaired) electrons. The van der Waals surface area contributed by atoms with Crippen molar-refractivity contribution in [3.05, 3.63) is 53.1 Å². The molecule has 0 bridgehead atoms. The van der Waals surface area contributed by atoms with Gasteiger partial charge < -0.3 is 19.9 Å². The summed E-state index contributed by atoms with van der Waals surface area (Å²) < 4.78 is 6.81. The number of ether oxygens (including phenoxy) is 1. The number of rotatable bonds is 5. The van der Waals surface area contributed by atoms with Crippen LogP contribution >= 0.6 is 22.9 Å². The average Bonchev–Trinajstić information content (AvgIpc) is 3.19. The molecule has 152 valence electrons. The van der Waals surface area contributed by atoms with E-state index in [2.05, 4.69) is 16.3 Å². The summed E-state index contributed by atoms with van der Waals surface area (Å²) in [5.74, 6) is 0.827. The van der Waals surface area contributed by atoms with Gasteiger partial charge in [0, 0.05) is 37.7 Å². The zero-order valence-electron chi connectivity index (χ0n) is 16.2. The molecule has 2 heterocycles. The number of halogens is 1. The lowest BCUT2D eigenvalue weighted by molar-refractivity contribution is 0.194. The number of carbonyl (C=O) groups excluding carboxylic acids is 1. The second-order valence-electron chi connectivity index (χ2n) is 6.79. The Hall–Kier alpha value is -2.51. The maximum absolute atomic E-state index is 12.5. The Balaban J connectivity index is 1.34. The van der Waals surface area contributed by atoms with Crippen LogP contribution in [0, 0.1) is 0 Å². The molecule has 1 aliphatic rings. The van der Waals surface area contributed by atoms with Gasteiger partial charge in [-0.15, -0.1) is 0 Å². The third-order valence-electron chi connectivity index (χ3n) is 4.86. The smallest absolute Gasteiger partial charge is 0.317 e. The summed E-state index contributed by atoms with van der Waals surface area (Å²) in [5.41, 5.74) is 1.94. The minimum Gasteiger partial charge on any atom is -0.492 e. The SMILES string of the molecule is CCOc1cccc2sc(N3CCN(C(=O)NCc4ccc(Cl)cc4)CC3)nc12. The molecule has 0 saturated carbocycles. The van der Waals surface area contributed by atoms with Gasteiger partial charge in [-0.1, -0.05) is 41.1 Å². The fourth-order valence-corrected chi connectivity index (χ4v) is 4.47. The number of fused-ring (bicyclic) bond motifs is 1. The molecule has 4 rings (SSSR count). The second-order valence-corrected chi connectivity index (χ2v) is 8.24. The Labute approximate surface area is 179 Å². The van der Waals surface area contributed by atoms with Crippen molar-refractivity contribution in [1.29, 1.82) is 0 Å². The first-order valence-electron chi connectivity index (χ1n) is 9.68. The van der Waals surface area contributed by atoms with E-state index >= 15 is 0 Å². The van der Waals surface area contributed by atoms with Gasteiger partial charge >= 0.3 is 6.03 Å². The Morgan fingerprint density at radius 3 is 2.66 bits per heavy atom. The maximum atomic E-state index is 12.5. The van der Waals surface area contributed by atoms with Crippen molar-refractivity contribution in [3.8, 4) is 5.75 Å². The van der Waals surface area contributed by atoms with Crippen molar-refractivity contribution in [1.82, 2.24) is 15.2 Å². The molecule has 29 heavy (non-hydrogen) atoms. The van der Waals surface area contributed by atoms with Gasteiger partial charge in [0.05, 0.1) is 11.3 Å². The van der Waals surface area contributed by atoms with Crippen LogP contribution in [0.1, 0.15) is 12.5 Å². The minimum absolute atomic E-state index is 0.0393. The van der Waals surface area contributed by atoms with Gasteiger partial charge in [0.25, 0.3) is 0 Å². The van der Waals surface area contributed by atoms with Gasteiger partial charge in [-0.2, -0.15) is 0 Å². The van der Waals surface area contributed by atoms with Crippen LogP contribution in [0.3, 0.4) is 0 Å². The molecule has 6 nitrogen and oxygen atoms in total. The number of carbonyl (C=O) groups is 1. The number of anilines is 1. The third kappa shape index (κ3) is 4.57. The van der Waals surface area contributed by atoms with Crippen LogP contribution in [-0.4, -0.2) is 48.7 Å². The number of hydrogen-bond donors (Lipinski definition) is 1. The number of benzene rings is 2. The van der Waals surface area contributed by atoms with Crippen LogP contribution in [0.25, 0.3) is 10.2 Å². The lowest BCUT2D eigenvalue weighted by Gasteiger charge is -2.34. The van der Waals surface area contributed by atoms with Gasteiger partial charge in [0.2, 0.25) is 0 Å². The molecule has 3 aromatic rings. The van der Waals surface area contributed by atoms with Gasteiger partial charge in [-0.25, -0.2) is 9.78 Å². The molecule has 1 saturated heterocycles. The predicted octanol–water partition coefficient (Wildman–Crippen LogP) is 4.38. The molecular formula is C21H23ClN4O2S. The fourth-order valence-electron chi connectivity index (χ4n) is 3.31. The Bertz CT molecular complexity index is 984. The summed E-state index contributed by atoms with van der Waals surface area (Å²) in [4.78, 5) is 21.4. The number of para-hydroxylation sites is 1. The third-order valence-corrected chi connectivity index (χ3v) is 6.20. The predicted molar refractivity (Wildman–Crippen MR) is 118 cm³/mol. The van der Waals surface area contributed by atoms with Gasteiger partial charge in [-0.05, 0) is 36.8 Å². The summed E-state index contributed by atoms with van der Waals surface area (Å²) in [6.45, 7) is 5.95. The largest absolute Gasteiger partial charge is 0.492 e. The Morgan fingerprint density at radius 2 is 1.93 bits per heavy atom. The average molecular weight is 431 g/mol. The molecular weight excluding hydrogens is 408 g/mol. The zero-order valence-corrected chi connectivity index (χ0v) is 17.8. The van der Waals surface area contributed by atoms with E-state index < -0.39 is 0 Å². The van der Waals surface area contributed by atoms with E-state index in [0.717, 1.165) is 39.8 Å². The summed E-state index contributed by atoms with van der Waals surface area (Å²) in [6, 6.07) is 13.5. The number of amides is 2.